The van der Waals surface area contributed by atoms with E-state index in [0.29, 0.717) is 51.6 Å². The van der Waals surface area contributed by atoms with Crippen LogP contribution in [-0.4, -0.2) is 134 Å². The summed E-state index contributed by atoms with van der Waals surface area (Å²) in [5, 5.41) is 6.19. The van der Waals surface area contributed by atoms with Crippen molar-refractivity contribution < 1.29 is 24.0 Å². The molecule has 1 unspecified atom stereocenters. The number of piperazine rings is 1. The maximum absolute atomic E-state index is 13.6. The summed E-state index contributed by atoms with van der Waals surface area (Å²) in [5.74, 6) is -1.24. The smallest absolute Gasteiger partial charge is 0.263 e. The zero-order valence-electron chi connectivity index (χ0n) is 35.1. The first-order valence-electron chi connectivity index (χ1n) is 22.0. The van der Waals surface area contributed by atoms with Crippen molar-refractivity contribution >= 4 is 63.6 Å². The number of aromatic nitrogens is 4. The molecule has 3 aromatic heterocycles. The highest BCUT2D eigenvalue weighted by molar-refractivity contribution is 6.23. The summed E-state index contributed by atoms with van der Waals surface area (Å²) in [5.41, 5.74) is 3.69. The van der Waals surface area contributed by atoms with E-state index < -0.39 is 23.8 Å². The first-order valence-corrected chi connectivity index (χ1v) is 22.0. The maximum Gasteiger partial charge on any atom is 0.263 e. The normalized spacial score (nSPS) is 22.1. The highest BCUT2D eigenvalue weighted by Gasteiger charge is 2.45. The Morgan fingerprint density at radius 1 is 0.742 bits per heavy atom. The third-order valence-electron chi connectivity index (χ3n) is 14.1. The second-order valence-electron chi connectivity index (χ2n) is 17.7. The average molecular weight is 842 g/mol. The predicted octanol–water partition coefficient (Wildman–Crippen LogP) is 3.43. The van der Waals surface area contributed by atoms with Crippen molar-refractivity contribution in [2.45, 2.75) is 89.4 Å². The number of anilines is 4. The molecule has 6 aliphatic rings. The number of carbonyl (C=O) groups is 5. The molecule has 17 heteroatoms. The fraction of sp³-hybridized carbons (Fsp3) is 0.489. The van der Waals surface area contributed by atoms with Crippen molar-refractivity contribution in [1.82, 2.24) is 39.5 Å². The van der Waals surface area contributed by atoms with E-state index in [9.17, 15) is 28.8 Å². The number of hydrogen-bond donors (Lipinski definition) is 2. The van der Waals surface area contributed by atoms with Crippen LogP contribution in [0.5, 0.6) is 0 Å². The van der Waals surface area contributed by atoms with Crippen LogP contribution < -0.4 is 26.0 Å². The van der Waals surface area contributed by atoms with E-state index in [4.69, 9.17) is 9.97 Å². The van der Waals surface area contributed by atoms with Crippen molar-refractivity contribution in [2.75, 3.05) is 67.5 Å². The molecule has 10 rings (SSSR count). The Labute approximate surface area is 358 Å². The Bertz CT molecular complexity index is 2550. The average Bonchev–Trinajstić information content (AvgIpc) is 3.87. The second-order valence-corrected chi connectivity index (χ2v) is 17.7. The molecule has 0 spiro atoms. The van der Waals surface area contributed by atoms with Gasteiger partial charge in [0.15, 0.2) is 5.78 Å². The third kappa shape index (κ3) is 7.09. The number of carbonyl (C=O) groups excluding carboxylic acids is 5. The molecule has 0 bridgehead atoms. The summed E-state index contributed by atoms with van der Waals surface area (Å²) in [6, 6.07) is 9.37. The number of rotatable bonds is 9. The zero-order valence-corrected chi connectivity index (χ0v) is 35.1. The van der Waals surface area contributed by atoms with E-state index in [-0.39, 0.29) is 41.7 Å². The van der Waals surface area contributed by atoms with E-state index in [2.05, 4.69) is 41.3 Å². The van der Waals surface area contributed by atoms with Crippen LogP contribution in [0.25, 0.3) is 11.0 Å². The van der Waals surface area contributed by atoms with Gasteiger partial charge in [-0.15, -0.1) is 0 Å². The monoisotopic (exact) mass is 841 g/mol. The third-order valence-corrected chi connectivity index (χ3v) is 14.1. The van der Waals surface area contributed by atoms with E-state index in [1.165, 1.54) is 6.92 Å². The van der Waals surface area contributed by atoms with E-state index in [1.54, 1.807) is 29.8 Å². The Kier molecular flexibility index (Phi) is 10.3. The number of fused-ring (bicyclic) bond motifs is 2. The lowest BCUT2D eigenvalue weighted by molar-refractivity contribution is -0.136. The summed E-state index contributed by atoms with van der Waals surface area (Å²) in [7, 11) is 0. The molecule has 5 aliphatic heterocycles. The van der Waals surface area contributed by atoms with Crippen LogP contribution in [0.4, 0.5) is 23.1 Å². The Hall–Kier alpha value is -6.07. The minimum absolute atomic E-state index is 0.0104. The van der Waals surface area contributed by atoms with Gasteiger partial charge in [0.05, 0.1) is 28.6 Å². The molecule has 5 fully saturated rings. The van der Waals surface area contributed by atoms with Crippen molar-refractivity contribution in [3.8, 4) is 0 Å². The molecular formula is C45H51N11O6. The molecule has 4 aromatic rings. The van der Waals surface area contributed by atoms with E-state index >= 15 is 0 Å². The number of Topliss-reactive ketones (excluding diaryl/α,β-unsaturated/α-hetero) is 1. The first kappa shape index (κ1) is 40.0. The highest BCUT2D eigenvalue weighted by atomic mass is 16.2. The van der Waals surface area contributed by atoms with Crippen molar-refractivity contribution in [3.63, 3.8) is 0 Å². The molecule has 1 aliphatic carbocycles. The van der Waals surface area contributed by atoms with Crippen LogP contribution in [-0.2, 0) is 9.59 Å². The standard InChI is InChI=1S/C45H51N11O6/c1-26-35-23-47-45(50-40(35)55(29-5-3-4-6-29)44(62)39(26)27(2)57)48-37-11-8-31(22-46-37)53-19-17-52(18-20-53)28-13-15-51(16-14-28)32-24-54(25-32)30-7-9-33-34(21-30)43(61)56(42(33)60)36-10-12-38(58)49-41(36)59/h7-9,11,21-23,28-29,32,36H,3-6,10,12-20,24-25H2,1-2H3,(H,49,58,59)(H,46,47,48,50). The number of piperidine rings is 2. The molecule has 17 nitrogen and oxygen atoms in total. The summed E-state index contributed by atoms with van der Waals surface area (Å²) in [6.07, 6.45) is 9.91. The van der Waals surface area contributed by atoms with Gasteiger partial charge in [-0.3, -0.25) is 53.4 Å². The van der Waals surface area contributed by atoms with Crippen LogP contribution in [0.15, 0.2) is 47.5 Å². The number of hydrogen-bond acceptors (Lipinski definition) is 14. The van der Waals surface area contributed by atoms with E-state index in [1.807, 2.05) is 18.3 Å². The van der Waals surface area contributed by atoms with Gasteiger partial charge in [0.1, 0.15) is 17.5 Å². The quantitative estimate of drug-likeness (QED) is 0.184. The van der Waals surface area contributed by atoms with Crippen LogP contribution in [0.2, 0.25) is 0 Å². The van der Waals surface area contributed by atoms with Crippen LogP contribution >= 0.6 is 0 Å². The van der Waals surface area contributed by atoms with Gasteiger partial charge < -0.3 is 15.1 Å². The zero-order chi connectivity index (χ0) is 42.8. The highest BCUT2D eigenvalue weighted by Crippen LogP contribution is 2.35. The van der Waals surface area contributed by atoms with Gasteiger partial charge in [-0.1, -0.05) is 12.8 Å². The lowest BCUT2D eigenvalue weighted by Crippen LogP contribution is -2.62. The Balaban J connectivity index is 0.701. The van der Waals surface area contributed by atoms with Gasteiger partial charge in [-0.2, -0.15) is 4.98 Å². The van der Waals surface area contributed by atoms with Gasteiger partial charge in [0.25, 0.3) is 17.4 Å². The molecule has 4 saturated heterocycles. The number of pyridine rings is 2. The van der Waals surface area contributed by atoms with Crippen LogP contribution in [0.3, 0.4) is 0 Å². The molecule has 1 saturated carbocycles. The van der Waals surface area contributed by atoms with Crippen molar-refractivity contribution in [3.05, 3.63) is 75.3 Å². The van der Waals surface area contributed by atoms with Crippen LogP contribution in [0, 0.1) is 6.92 Å². The molecule has 62 heavy (non-hydrogen) atoms. The Morgan fingerprint density at radius 3 is 2.15 bits per heavy atom. The van der Waals surface area contributed by atoms with E-state index in [0.717, 1.165) is 107 Å². The number of amides is 4. The van der Waals surface area contributed by atoms with Gasteiger partial charge in [-0.05, 0) is 81.8 Å². The number of nitrogens with zero attached hydrogens (tertiary/aromatic N) is 9. The van der Waals surface area contributed by atoms with Crippen molar-refractivity contribution in [1.29, 1.82) is 0 Å². The minimum Gasteiger partial charge on any atom is -0.368 e. The molecule has 8 heterocycles. The number of imide groups is 2. The molecule has 0 radical (unpaired) electrons. The lowest BCUT2D eigenvalue weighted by atomic mass is 9.97. The number of likely N-dealkylation sites (tertiary alicyclic amines) is 1. The fourth-order valence-electron chi connectivity index (χ4n) is 10.6. The first-order chi connectivity index (χ1) is 30.0. The Morgan fingerprint density at radius 2 is 1.45 bits per heavy atom. The molecule has 1 aromatic carbocycles. The predicted molar refractivity (Wildman–Crippen MR) is 231 cm³/mol. The summed E-state index contributed by atoms with van der Waals surface area (Å²) in [6.45, 7) is 10.8. The maximum atomic E-state index is 13.6. The SMILES string of the molecule is CC(=O)c1c(C)c2cnc(Nc3ccc(N4CCN(C5CCN(C6CN(c7ccc8c(c7)C(=O)N(C7CCC(=O)NC7=O)C8=O)C6)CC5)CC4)cn3)nc2n(C2CCCC2)c1=O. The summed E-state index contributed by atoms with van der Waals surface area (Å²) >= 11 is 0. The number of nitrogens with one attached hydrogen (secondary N) is 2. The van der Waals surface area contributed by atoms with Gasteiger partial charge >= 0.3 is 0 Å². The molecular weight excluding hydrogens is 791 g/mol. The van der Waals surface area contributed by atoms with Crippen molar-refractivity contribution in [2.24, 2.45) is 0 Å². The topological polar surface area (TPSA) is 186 Å². The molecule has 4 amide bonds. The molecule has 2 N–H and O–H groups in total. The molecule has 1 atom stereocenters. The summed E-state index contributed by atoms with van der Waals surface area (Å²) in [4.78, 5) is 102. The molecule has 322 valence electrons. The number of ketones is 1. The number of aryl methyl sites for hydroxylation is 1. The van der Waals surface area contributed by atoms with Gasteiger partial charge in [-0.25, -0.2) is 9.97 Å². The number of benzene rings is 1. The van der Waals surface area contributed by atoms with Gasteiger partial charge in [0, 0.05) is 94.2 Å². The van der Waals surface area contributed by atoms with Gasteiger partial charge in [0.2, 0.25) is 17.8 Å². The fourth-order valence-corrected chi connectivity index (χ4v) is 10.6. The lowest BCUT2D eigenvalue weighted by Gasteiger charge is -2.50. The minimum atomic E-state index is -0.969. The largest absolute Gasteiger partial charge is 0.368 e. The summed E-state index contributed by atoms with van der Waals surface area (Å²) < 4.78 is 1.72. The van der Waals surface area contributed by atoms with Crippen LogP contribution in [0.1, 0.15) is 101 Å². The second kappa shape index (κ2) is 16.0.